The maximum atomic E-state index is 13.0. The van der Waals surface area contributed by atoms with Gasteiger partial charge in [0.15, 0.2) is 0 Å². The molecule has 114 valence electrons. The molecule has 0 aromatic carbocycles. The van der Waals surface area contributed by atoms with Crippen LogP contribution in [0.25, 0.3) is 0 Å². The molecule has 6 nitrogen and oxygen atoms in total. The van der Waals surface area contributed by atoms with Crippen LogP contribution in [0.2, 0.25) is 0 Å². The lowest BCUT2D eigenvalue weighted by Crippen LogP contribution is -2.47. The lowest BCUT2D eigenvalue weighted by molar-refractivity contribution is -0.141. The first-order chi connectivity index (χ1) is 10.2. The largest absolute Gasteiger partial charge is 0.380 e. The highest BCUT2D eigenvalue weighted by molar-refractivity contribution is 7.15. The molecular weight excluding hydrogens is 288 g/mol. The van der Waals surface area contributed by atoms with Gasteiger partial charge in [-0.05, 0) is 19.8 Å². The minimum absolute atomic E-state index is 0.287. The molecule has 0 spiro atoms. The van der Waals surface area contributed by atoms with Crippen LogP contribution in [-0.2, 0) is 9.53 Å². The minimum atomic E-state index is -0.357. The van der Waals surface area contributed by atoms with Crippen molar-refractivity contribution in [1.29, 1.82) is 0 Å². The summed E-state index contributed by atoms with van der Waals surface area (Å²) in [5, 5.41) is 10.3. The summed E-state index contributed by atoms with van der Waals surface area (Å²) in [5.41, 5.74) is -0.357. The summed E-state index contributed by atoms with van der Waals surface area (Å²) in [6.45, 7) is 6.60. The molecule has 3 fully saturated rings. The molecule has 1 aromatic heterocycles. The van der Waals surface area contributed by atoms with E-state index in [0.717, 1.165) is 49.2 Å². The molecular formula is C14H20N4O2S. The number of fused-ring (bicyclic) bond motifs is 1. The van der Waals surface area contributed by atoms with Crippen LogP contribution >= 0.6 is 11.3 Å². The Kier molecular flexibility index (Phi) is 3.15. The molecule has 0 radical (unpaired) electrons. The van der Waals surface area contributed by atoms with Gasteiger partial charge in [-0.1, -0.05) is 11.3 Å². The molecule has 0 N–H and O–H groups in total. The third-order valence-corrected chi connectivity index (χ3v) is 5.88. The van der Waals surface area contributed by atoms with Gasteiger partial charge in [-0.3, -0.25) is 4.79 Å². The van der Waals surface area contributed by atoms with Crippen molar-refractivity contribution in [3.63, 3.8) is 0 Å². The molecule has 21 heavy (non-hydrogen) atoms. The Balaban J connectivity index is 1.59. The van der Waals surface area contributed by atoms with Crippen LogP contribution in [0.1, 0.15) is 17.8 Å². The zero-order chi connectivity index (χ0) is 14.4. The zero-order valence-corrected chi connectivity index (χ0v) is 13.1. The number of carbonyl (C=O) groups excluding carboxylic acids is 1. The molecule has 0 saturated carbocycles. The van der Waals surface area contributed by atoms with E-state index in [1.165, 1.54) is 0 Å². The molecule has 4 rings (SSSR count). The number of hydrogen-bond donors (Lipinski definition) is 0. The van der Waals surface area contributed by atoms with Crippen molar-refractivity contribution in [1.82, 2.24) is 15.1 Å². The lowest BCUT2D eigenvalue weighted by atomic mass is 9.79. The molecule has 1 amide bonds. The van der Waals surface area contributed by atoms with Crippen molar-refractivity contribution in [3.05, 3.63) is 5.01 Å². The minimum Gasteiger partial charge on any atom is -0.380 e. The quantitative estimate of drug-likeness (QED) is 0.813. The van der Waals surface area contributed by atoms with Gasteiger partial charge in [0.25, 0.3) is 0 Å². The van der Waals surface area contributed by atoms with Gasteiger partial charge >= 0.3 is 0 Å². The van der Waals surface area contributed by atoms with Crippen molar-refractivity contribution < 1.29 is 9.53 Å². The lowest BCUT2D eigenvalue weighted by Gasteiger charge is -2.30. The van der Waals surface area contributed by atoms with Gasteiger partial charge in [0.1, 0.15) is 5.01 Å². The van der Waals surface area contributed by atoms with E-state index in [2.05, 4.69) is 15.1 Å². The number of amides is 1. The van der Waals surface area contributed by atoms with Gasteiger partial charge in [-0.15, -0.1) is 10.2 Å². The van der Waals surface area contributed by atoms with Gasteiger partial charge < -0.3 is 14.5 Å². The number of nitrogens with zero attached hydrogens (tertiary/aromatic N) is 4. The molecule has 3 saturated heterocycles. The van der Waals surface area contributed by atoms with E-state index in [4.69, 9.17) is 4.74 Å². The van der Waals surface area contributed by atoms with Crippen LogP contribution in [0.3, 0.4) is 0 Å². The standard InChI is InChI=1S/C14H20N4O2S/c1-10-15-16-13(21-10)18-6-11-7-20-9-14(11,8-18)12(19)17-4-2-3-5-17/h11H,2-9H2,1H3/t11-,14-/m0/s1. The number of aromatic nitrogens is 2. The van der Waals surface area contributed by atoms with Crippen LogP contribution in [0.4, 0.5) is 5.13 Å². The van der Waals surface area contributed by atoms with Gasteiger partial charge in [0.2, 0.25) is 11.0 Å². The third kappa shape index (κ3) is 2.05. The summed E-state index contributed by atoms with van der Waals surface area (Å²) in [4.78, 5) is 17.3. The van der Waals surface area contributed by atoms with Crippen molar-refractivity contribution in [2.75, 3.05) is 44.3 Å². The fourth-order valence-electron chi connectivity index (χ4n) is 3.83. The SMILES string of the molecule is Cc1nnc(N2C[C@H]3COC[C@@]3(C(=O)N3CCCC3)C2)s1. The Morgan fingerprint density at radius 1 is 1.38 bits per heavy atom. The molecule has 2 atom stereocenters. The maximum absolute atomic E-state index is 13.0. The summed E-state index contributed by atoms with van der Waals surface area (Å²) in [6.07, 6.45) is 2.26. The summed E-state index contributed by atoms with van der Waals surface area (Å²) in [6, 6.07) is 0. The van der Waals surface area contributed by atoms with Crippen LogP contribution in [0.15, 0.2) is 0 Å². The van der Waals surface area contributed by atoms with E-state index in [1.807, 2.05) is 11.8 Å². The van der Waals surface area contributed by atoms with Gasteiger partial charge in [0.05, 0.1) is 18.6 Å². The number of ether oxygens (including phenoxy) is 1. The van der Waals surface area contributed by atoms with E-state index in [1.54, 1.807) is 11.3 Å². The highest BCUT2D eigenvalue weighted by Gasteiger charge is 2.57. The van der Waals surface area contributed by atoms with Crippen LogP contribution < -0.4 is 4.90 Å². The predicted octanol–water partition coefficient (Wildman–Crippen LogP) is 0.922. The van der Waals surface area contributed by atoms with E-state index >= 15 is 0 Å². The van der Waals surface area contributed by atoms with E-state index in [9.17, 15) is 4.79 Å². The molecule has 0 unspecified atom stereocenters. The number of anilines is 1. The van der Waals surface area contributed by atoms with E-state index in [0.29, 0.717) is 19.1 Å². The summed E-state index contributed by atoms with van der Waals surface area (Å²) in [5.74, 6) is 0.584. The summed E-state index contributed by atoms with van der Waals surface area (Å²) >= 11 is 1.60. The highest BCUT2D eigenvalue weighted by Crippen LogP contribution is 2.45. The number of carbonyl (C=O) groups is 1. The summed E-state index contributed by atoms with van der Waals surface area (Å²) in [7, 11) is 0. The van der Waals surface area contributed by atoms with Crippen molar-refractivity contribution in [2.45, 2.75) is 19.8 Å². The average Bonchev–Trinajstić information content (AvgIpc) is 3.21. The van der Waals surface area contributed by atoms with Crippen molar-refractivity contribution in [2.24, 2.45) is 11.3 Å². The normalized spacial score (nSPS) is 32.0. The second kappa shape index (κ2) is 4.91. The fraction of sp³-hybridized carbons (Fsp3) is 0.786. The van der Waals surface area contributed by atoms with Crippen molar-refractivity contribution in [3.8, 4) is 0 Å². The first-order valence-corrected chi connectivity index (χ1v) is 8.43. The molecule has 1 aromatic rings. The highest BCUT2D eigenvalue weighted by atomic mass is 32.1. The Morgan fingerprint density at radius 2 is 2.19 bits per heavy atom. The third-order valence-electron chi connectivity index (χ3n) is 4.98. The first-order valence-electron chi connectivity index (χ1n) is 7.61. The first kappa shape index (κ1) is 13.5. The molecule has 0 aliphatic carbocycles. The van der Waals surface area contributed by atoms with Crippen molar-refractivity contribution >= 4 is 22.4 Å². The molecule has 4 heterocycles. The number of likely N-dealkylation sites (tertiary alicyclic amines) is 1. The van der Waals surface area contributed by atoms with Crippen LogP contribution in [-0.4, -0.2) is 60.4 Å². The van der Waals surface area contributed by atoms with Gasteiger partial charge in [0, 0.05) is 32.1 Å². The number of hydrogen-bond acceptors (Lipinski definition) is 6. The Morgan fingerprint density at radius 3 is 2.90 bits per heavy atom. The monoisotopic (exact) mass is 308 g/mol. The second-order valence-corrected chi connectivity index (χ2v) is 7.51. The van der Waals surface area contributed by atoms with Crippen LogP contribution in [0, 0.1) is 18.3 Å². The number of rotatable bonds is 2. The summed E-state index contributed by atoms with van der Waals surface area (Å²) < 4.78 is 5.68. The average molecular weight is 308 g/mol. The molecule has 0 bridgehead atoms. The Bertz CT molecular complexity index is 557. The second-order valence-electron chi connectivity index (χ2n) is 6.35. The number of aryl methyl sites for hydroxylation is 1. The van der Waals surface area contributed by atoms with Crippen LogP contribution in [0.5, 0.6) is 0 Å². The van der Waals surface area contributed by atoms with E-state index in [-0.39, 0.29) is 11.3 Å². The molecule has 3 aliphatic heterocycles. The topological polar surface area (TPSA) is 58.6 Å². The fourth-order valence-corrected chi connectivity index (χ4v) is 4.53. The predicted molar refractivity (Wildman–Crippen MR) is 79.4 cm³/mol. The van der Waals surface area contributed by atoms with Gasteiger partial charge in [-0.2, -0.15) is 0 Å². The van der Waals surface area contributed by atoms with Gasteiger partial charge in [-0.25, -0.2) is 0 Å². The molecule has 7 heteroatoms. The molecule has 3 aliphatic rings. The Hall–Kier alpha value is -1.21. The Labute approximate surface area is 128 Å². The smallest absolute Gasteiger partial charge is 0.233 e. The zero-order valence-electron chi connectivity index (χ0n) is 12.2. The van der Waals surface area contributed by atoms with E-state index < -0.39 is 0 Å². The maximum Gasteiger partial charge on any atom is 0.233 e.